The molecule has 1 saturated heterocycles. The zero-order chi connectivity index (χ0) is 25.3. The molecule has 1 aliphatic heterocycles. The van der Waals surface area contributed by atoms with E-state index in [9.17, 15) is 14.4 Å². The molecule has 2 unspecified atom stereocenters. The first-order valence-corrected chi connectivity index (χ1v) is 12.0. The summed E-state index contributed by atoms with van der Waals surface area (Å²) in [5.41, 5.74) is 3.85. The number of hydrogen-bond acceptors (Lipinski definition) is 7. The molecular weight excluding hydrogens is 494 g/mol. The number of para-hydroxylation sites is 1. The molecule has 35 heavy (non-hydrogen) atoms. The minimum absolute atomic E-state index is 0.00410. The number of pyridine rings is 1. The van der Waals surface area contributed by atoms with Crippen LogP contribution in [0.4, 0.5) is 0 Å². The molecule has 1 N–H and O–H groups in total. The number of rotatable bonds is 8. The first-order chi connectivity index (χ1) is 16.8. The molecule has 4 rings (SSSR count). The van der Waals surface area contributed by atoms with Gasteiger partial charge in [0.15, 0.2) is 11.5 Å². The minimum atomic E-state index is -0.869. The van der Waals surface area contributed by atoms with E-state index in [1.165, 1.54) is 44.2 Å². The van der Waals surface area contributed by atoms with Gasteiger partial charge in [0.1, 0.15) is 11.4 Å². The van der Waals surface area contributed by atoms with Gasteiger partial charge in [-0.05, 0) is 23.8 Å². The molecule has 2 heterocycles. The number of nitrogens with one attached hydrogen (secondary N) is 1. The number of aromatic nitrogens is 1. The highest BCUT2D eigenvalue weighted by atomic mass is 35.5. The van der Waals surface area contributed by atoms with E-state index in [1.54, 1.807) is 23.7 Å². The molecule has 3 aromatic rings. The van der Waals surface area contributed by atoms with Crippen LogP contribution in [0.3, 0.4) is 0 Å². The number of thioether (sulfide) groups is 1. The van der Waals surface area contributed by atoms with E-state index in [0.717, 1.165) is 10.9 Å². The van der Waals surface area contributed by atoms with Crippen LogP contribution in [0, 0.1) is 0 Å². The van der Waals surface area contributed by atoms with Gasteiger partial charge in [-0.25, -0.2) is 5.01 Å². The average Bonchev–Trinajstić information content (AvgIpc) is 2.88. The van der Waals surface area contributed by atoms with E-state index in [4.69, 9.17) is 25.8 Å². The number of nitrogens with zero attached hydrogens (tertiary/aromatic N) is 2. The Bertz CT molecular complexity index is 1340. The first kappa shape index (κ1) is 24.7. The summed E-state index contributed by atoms with van der Waals surface area (Å²) in [6.07, 6.45) is 0. The predicted octanol–water partition coefficient (Wildman–Crippen LogP) is 2.88. The number of carbonyl (C=O) groups is 2. The van der Waals surface area contributed by atoms with Gasteiger partial charge in [-0.1, -0.05) is 18.2 Å². The Hall–Kier alpha value is -3.37. The van der Waals surface area contributed by atoms with Gasteiger partial charge in [-0.3, -0.25) is 19.8 Å². The predicted molar refractivity (Wildman–Crippen MR) is 133 cm³/mol. The van der Waals surface area contributed by atoms with Crippen molar-refractivity contribution in [3.05, 3.63) is 58.4 Å². The standard InChI is InChI=1S/C24H24ClN3O6S/c1-27-15-8-6-5-7-14(15)18(11-20(27)30)35-12-19(29)26-28-22(21(25)24(28)31)13-9-16(32-2)23(34-4)17(10-13)33-3/h5-11,21-22H,12H2,1-4H3,(H,26,29). The molecule has 1 aliphatic rings. The molecule has 2 amide bonds. The second-order valence-electron chi connectivity index (χ2n) is 7.76. The van der Waals surface area contributed by atoms with Crippen molar-refractivity contribution in [1.29, 1.82) is 0 Å². The number of methoxy groups -OCH3 is 3. The van der Waals surface area contributed by atoms with Crippen LogP contribution in [-0.2, 0) is 16.6 Å². The topological polar surface area (TPSA) is 99.1 Å². The number of β-lactam (4-membered cyclic amide) rings is 1. The van der Waals surface area contributed by atoms with E-state index >= 15 is 0 Å². The quantitative estimate of drug-likeness (QED) is 0.278. The summed E-state index contributed by atoms with van der Waals surface area (Å²) >= 11 is 7.54. The number of alkyl halides is 1. The van der Waals surface area contributed by atoms with Crippen molar-refractivity contribution in [1.82, 2.24) is 15.0 Å². The lowest BCUT2D eigenvalue weighted by Gasteiger charge is -2.44. The van der Waals surface area contributed by atoms with Gasteiger partial charge in [-0.2, -0.15) is 0 Å². The Morgan fingerprint density at radius 3 is 2.34 bits per heavy atom. The van der Waals surface area contributed by atoms with Crippen LogP contribution < -0.4 is 25.2 Å². The molecule has 1 aromatic heterocycles. The zero-order valence-corrected chi connectivity index (χ0v) is 21.1. The lowest BCUT2D eigenvalue weighted by Crippen LogP contribution is -2.63. The Morgan fingerprint density at radius 1 is 1.06 bits per heavy atom. The van der Waals surface area contributed by atoms with E-state index < -0.39 is 23.2 Å². The van der Waals surface area contributed by atoms with Crippen LogP contribution in [0.25, 0.3) is 10.9 Å². The SMILES string of the molecule is COc1cc(C2C(Cl)C(=O)N2NC(=O)CSc2cc(=O)n(C)c3ccccc23)cc(OC)c1OC. The Balaban J connectivity index is 1.52. The van der Waals surface area contributed by atoms with Crippen LogP contribution in [0.2, 0.25) is 0 Å². The van der Waals surface area contributed by atoms with Gasteiger partial charge in [0.2, 0.25) is 11.7 Å². The summed E-state index contributed by atoms with van der Waals surface area (Å²) in [5, 5.41) is 1.19. The van der Waals surface area contributed by atoms with Crippen LogP contribution in [-0.4, -0.2) is 53.8 Å². The maximum absolute atomic E-state index is 12.8. The van der Waals surface area contributed by atoms with E-state index in [1.807, 2.05) is 24.3 Å². The summed E-state index contributed by atoms with van der Waals surface area (Å²) in [6, 6.07) is 11.7. The third-order valence-electron chi connectivity index (χ3n) is 5.78. The molecule has 0 spiro atoms. The van der Waals surface area contributed by atoms with Crippen LogP contribution in [0.1, 0.15) is 11.6 Å². The highest BCUT2D eigenvalue weighted by Crippen LogP contribution is 2.45. The summed E-state index contributed by atoms with van der Waals surface area (Å²) in [7, 11) is 6.17. The molecule has 0 bridgehead atoms. The number of carbonyl (C=O) groups excluding carboxylic acids is 2. The summed E-state index contributed by atoms with van der Waals surface area (Å²) < 4.78 is 17.7. The van der Waals surface area contributed by atoms with Crippen molar-refractivity contribution in [3.63, 3.8) is 0 Å². The Morgan fingerprint density at radius 2 is 1.71 bits per heavy atom. The molecule has 0 saturated carbocycles. The van der Waals surface area contributed by atoms with Crippen molar-refractivity contribution in [2.24, 2.45) is 7.05 Å². The van der Waals surface area contributed by atoms with E-state index in [2.05, 4.69) is 5.43 Å². The minimum Gasteiger partial charge on any atom is -0.493 e. The average molecular weight is 518 g/mol. The molecular formula is C24H24ClN3O6S. The number of ether oxygens (including phenoxy) is 3. The van der Waals surface area contributed by atoms with Crippen molar-refractivity contribution < 1.29 is 23.8 Å². The number of hydrogen-bond donors (Lipinski definition) is 1. The van der Waals surface area contributed by atoms with Gasteiger partial charge in [0.25, 0.3) is 11.5 Å². The van der Waals surface area contributed by atoms with Gasteiger partial charge < -0.3 is 18.8 Å². The smallest absolute Gasteiger partial charge is 0.262 e. The van der Waals surface area contributed by atoms with E-state index in [-0.39, 0.29) is 11.3 Å². The maximum atomic E-state index is 12.8. The molecule has 184 valence electrons. The van der Waals surface area contributed by atoms with Crippen molar-refractivity contribution in [2.75, 3.05) is 27.1 Å². The summed E-state index contributed by atoms with van der Waals surface area (Å²) in [4.78, 5) is 38.2. The number of aryl methyl sites for hydroxylation is 1. The number of benzene rings is 2. The molecule has 0 aliphatic carbocycles. The largest absolute Gasteiger partial charge is 0.493 e. The lowest BCUT2D eigenvalue weighted by molar-refractivity contribution is -0.155. The normalized spacial score (nSPS) is 17.2. The molecule has 2 atom stereocenters. The molecule has 11 heteroatoms. The van der Waals surface area contributed by atoms with Gasteiger partial charge >= 0.3 is 0 Å². The fourth-order valence-electron chi connectivity index (χ4n) is 3.98. The van der Waals surface area contributed by atoms with Gasteiger partial charge in [0, 0.05) is 23.4 Å². The third kappa shape index (κ3) is 4.51. The highest BCUT2D eigenvalue weighted by Gasteiger charge is 2.49. The number of hydrazine groups is 1. The molecule has 0 radical (unpaired) electrons. The monoisotopic (exact) mass is 517 g/mol. The fraction of sp³-hybridized carbons (Fsp3) is 0.292. The number of fused-ring (bicyclic) bond motifs is 1. The molecule has 1 fully saturated rings. The second-order valence-corrected chi connectivity index (χ2v) is 9.25. The second kappa shape index (κ2) is 10.1. The number of amides is 2. The number of halogens is 1. The molecule has 9 nitrogen and oxygen atoms in total. The van der Waals surface area contributed by atoms with E-state index in [0.29, 0.717) is 27.7 Å². The summed E-state index contributed by atoms with van der Waals surface area (Å²) in [5.74, 6) is 0.380. The maximum Gasteiger partial charge on any atom is 0.262 e. The van der Waals surface area contributed by atoms with Crippen LogP contribution >= 0.6 is 23.4 Å². The van der Waals surface area contributed by atoms with Crippen molar-refractivity contribution in [2.45, 2.75) is 16.3 Å². The van der Waals surface area contributed by atoms with Crippen molar-refractivity contribution >= 4 is 46.1 Å². The Kier molecular flexibility index (Phi) is 7.13. The van der Waals surface area contributed by atoms with Crippen LogP contribution in [0.5, 0.6) is 17.2 Å². The van der Waals surface area contributed by atoms with Gasteiger partial charge in [0.05, 0.1) is 32.6 Å². The molecule has 2 aromatic carbocycles. The third-order valence-corrected chi connectivity index (χ3v) is 7.26. The van der Waals surface area contributed by atoms with Crippen molar-refractivity contribution in [3.8, 4) is 17.2 Å². The van der Waals surface area contributed by atoms with Gasteiger partial charge in [-0.15, -0.1) is 23.4 Å². The Labute approximate surface area is 210 Å². The fourth-order valence-corrected chi connectivity index (χ4v) is 5.20. The van der Waals surface area contributed by atoms with Crippen LogP contribution in [0.15, 0.2) is 52.2 Å². The lowest BCUT2D eigenvalue weighted by atomic mass is 9.94. The summed E-state index contributed by atoms with van der Waals surface area (Å²) in [6.45, 7) is 0. The zero-order valence-electron chi connectivity index (χ0n) is 19.5. The highest BCUT2D eigenvalue weighted by molar-refractivity contribution is 8.00. The first-order valence-electron chi connectivity index (χ1n) is 10.6.